The molecule has 0 aromatic carbocycles. The highest BCUT2D eigenvalue weighted by Gasteiger charge is 2.09. The van der Waals surface area contributed by atoms with Crippen LogP contribution in [-0.2, 0) is 19.0 Å². The summed E-state index contributed by atoms with van der Waals surface area (Å²) in [5.41, 5.74) is 0. The first-order valence-electron chi connectivity index (χ1n) is 7.19. The van der Waals surface area contributed by atoms with E-state index >= 15 is 0 Å². The molecule has 0 atom stereocenters. The molecule has 0 aromatic heterocycles. The molecule has 0 aromatic rings. The van der Waals surface area contributed by atoms with Crippen molar-refractivity contribution in [3.8, 4) is 0 Å². The molecule has 1 fully saturated rings. The number of carbonyl (C=O) groups is 1. The molecule has 5 heteroatoms. The molecule has 0 amide bonds. The Balaban J connectivity index is 0.000000711. The van der Waals surface area contributed by atoms with Gasteiger partial charge in [0.05, 0.1) is 19.8 Å². The van der Waals surface area contributed by atoms with Crippen molar-refractivity contribution in [3.63, 3.8) is 0 Å². The third-order valence-corrected chi connectivity index (χ3v) is 2.80. The van der Waals surface area contributed by atoms with Crippen LogP contribution in [0.4, 0.5) is 0 Å². The summed E-state index contributed by atoms with van der Waals surface area (Å²) in [4.78, 5) is 13.4. The minimum absolute atomic E-state index is 0.0699. The van der Waals surface area contributed by atoms with E-state index in [1.807, 2.05) is 13.8 Å². The summed E-state index contributed by atoms with van der Waals surface area (Å²) in [5, 5.41) is 0. The summed E-state index contributed by atoms with van der Waals surface area (Å²) in [5.74, 6) is -0.0699. The fourth-order valence-corrected chi connectivity index (χ4v) is 1.66. The Morgan fingerprint density at radius 2 is 1.79 bits per heavy atom. The van der Waals surface area contributed by atoms with Gasteiger partial charge in [0.25, 0.3) is 0 Å². The normalized spacial score (nSPS) is 15.5. The van der Waals surface area contributed by atoms with Crippen LogP contribution in [0.2, 0.25) is 0 Å². The molecule has 19 heavy (non-hydrogen) atoms. The second kappa shape index (κ2) is 13.8. The third kappa shape index (κ3) is 12.1. The standard InChI is InChI=1S/C11H21NO3.C3H8O/c1-2-15-11(13)5-3-4-6-12-7-9-14-10-8-12;1-3-4-2/h2-10H2,1H3;3H2,1-2H3. The minimum atomic E-state index is -0.0699. The van der Waals surface area contributed by atoms with E-state index in [4.69, 9.17) is 9.47 Å². The van der Waals surface area contributed by atoms with Gasteiger partial charge in [-0.05, 0) is 33.2 Å². The van der Waals surface area contributed by atoms with Crippen molar-refractivity contribution in [2.45, 2.75) is 33.1 Å². The molecule has 0 unspecified atom stereocenters. The van der Waals surface area contributed by atoms with Crippen molar-refractivity contribution in [1.29, 1.82) is 0 Å². The van der Waals surface area contributed by atoms with E-state index in [1.165, 1.54) is 0 Å². The van der Waals surface area contributed by atoms with Crippen LogP contribution in [-0.4, -0.2) is 64.0 Å². The van der Waals surface area contributed by atoms with E-state index < -0.39 is 0 Å². The SMILES string of the molecule is CCOC.CCOC(=O)CCCCN1CCOCC1. The van der Waals surface area contributed by atoms with Gasteiger partial charge >= 0.3 is 5.97 Å². The van der Waals surface area contributed by atoms with Gasteiger partial charge in [0.2, 0.25) is 0 Å². The van der Waals surface area contributed by atoms with Gasteiger partial charge in [-0.3, -0.25) is 9.69 Å². The lowest BCUT2D eigenvalue weighted by atomic mass is 10.2. The van der Waals surface area contributed by atoms with Gasteiger partial charge in [-0.1, -0.05) is 0 Å². The van der Waals surface area contributed by atoms with Gasteiger partial charge in [0, 0.05) is 33.2 Å². The first kappa shape index (κ1) is 18.4. The smallest absolute Gasteiger partial charge is 0.305 e. The van der Waals surface area contributed by atoms with Gasteiger partial charge in [-0.25, -0.2) is 0 Å². The fourth-order valence-electron chi connectivity index (χ4n) is 1.66. The molecule has 1 aliphatic heterocycles. The highest BCUT2D eigenvalue weighted by Crippen LogP contribution is 2.02. The van der Waals surface area contributed by atoms with E-state index in [2.05, 4.69) is 9.64 Å². The lowest BCUT2D eigenvalue weighted by Crippen LogP contribution is -2.36. The summed E-state index contributed by atoms with van der Waals surface area (Å²) >= 11 is 0. The first-order chi connectivity index (χ1) is 9.24. The summed E-state index contributed by atoms with van der Waals surface area (Å²) in [6.45, 7) is 9.92. The predicted octanol–water partition coefficient (Wildman–Crippen LogP) is 1.70. The quantitative estimate of drug-likeness (QED) is 0.523. The van der Waals surface area contributed by atoms with Crippen molar-refractivity contribution in [3.05, 3.63) is 0 Å². The van der Waals surface area contributed by atoms with Crippen molar-refractivity contribution in [2.24, 2.45) is 0 Å². The zero-order valence-electron chi connectivity index (χ0n) is 12.7. The molecule has 0 saturated carbocycles. The maximum Gasteiger partial charge on any atom is 0.305 e. The first-order valence-corrected chi connectivity index (χ1v) is 7.19. The molecule has 5 nitrogen and oxygen atoms in total. The molecule has 1 rings (SSSR count). The number of morpholine rings is 1. The number of methoxy groups -OCH3 is 1. The van der Waals surface area contributed by atoms with Crippen molar-refractivity contribution in [2.75, 3.05) is 53.2 Å². The molecule has 0 N–H and O–H groups in total. The van der Waals surface area contributed by atoms with E-state index in [0.717, 1.165) is 52.3 Å². The summed E-state index contributed by atoms with van der Waals surface area (Å²) < 4.78 is 14.7. The lowest BCUT2D eigenvalue weighted by Gasteiger charge is -2.26. The maximum absolute atomic E-state index is 11.0. The van der Waals surface area contributed by atoms with Gasteiger partial charge in [-0.15, -0.1) is 0 Å². The van der Waals surface area contributed by atoms with Crippen molar-refractivity contribution in [1.82, 2.24) is 4.90 Å². The van der Waals surface area contributed by atoms with Crippen molar-refractivity contribution >= 4 is 5.97 Å². The number of hydrogen-bond donors (Lipinski definition) is 0. The zero-order valence-corrected chi connectivity index (χ0v) is 12.7. The number of unbranched alkanes of at least 4 members (excludes halogenated alkanes) is 1. The van der Waals surface area contributed by atoms with Crippen LogP contribution in [0.1, 0.15) is 33.1 Å². The molecule has 114 valence electrons. The Morgan fingerprint density at radius 3 is 2.32 bits per heavy atom. The highest BCUT2D eigenvalue weighted by atomic mass is 16.5. The van der Waals surface area contributed by atoms with Crippen LogP contribution in [0.15, 0.2) is 0 Å². The van der Waals surface area contributed by atoms with Crippen LogP contribution in [0, 0.1) is 0 Å². The Morgan fingerprint density at radius 1 is 1.16 bits per heavy atom. The Hall–Kier alpha value is -0.650. The van der Waals surface area contributed by atoms with Gasteiger partial charge in [-0.2, -0.15) is 0 Å². The number of carbonyl (C=O) groups excluding carboxylic acids is 1. The Bertz CT molecular complexity index is 204. The number of ether oxygens (including phenoxy) is 3. The van der Waals surface area contributed by atoms with Crippen LogP contribution in [0.5, 0.6) is 0 Å². The molecule has 1 saturated heterocycles. The molecule has 0 aliphatic carbocycles. The van der Waals surface area contributed by atoms with Crippen LogP contribution < -0.4 is 0 Å². The van der Waals surface area contributed by atoms with E-state index in [0.29, 0.717) is 13.0 Å². The van der Waals surface area contributed by atoms with E-state index in [1.54, 1.807) is 7.11 Å². The average molecular weight is 275 g/mol. The summed E-state index contributed by atoms with van der Waals surface area (Å²) in [6.07, 6.45) is 2.55. The number of hydrogen-bond acceptors (Lipinski definition) is 5. The van der Waals surface area contributed by atoms with Crippen LogP contribution in [0.3, 0.4) is 0 Å². The van der Waals surface area contributed by atoms with E-state index in [-0.39, 0.29) is 5.97 Å². The zero-order chi connectivity index (χ0) is 14.3. The van der Waals surface area contributed by atoms with Gasteiger partial charge in [0.1, 0.15) is 0 Å². The predicted molar refractivity (Wildman–Crippen MR) is 75.3 cm³/mol. The molecule has 0 spiro atoms. The minimum Gasteiger partial charge on any atom is -0.466 e. The molecule has 1 heterocycles. The number of esters is 1. The van der Waals surface area contributed by atoms with Gasteiger partial charge < -0.3 is 14.2 Å². The molecular formula is C14H29NO4. The molecule has 1 aliphatic rings. The van der Waals surface area contributed by atoms with Crippen LogP contribution in [0.25, 0.3) is 0 Å². The molecule has 0 bridgehead atoms. The Kier molecular flexibility index (Phi) is 13.3. The number of rotatable bonds is 7. The van der Waals surface area contributed by atoms with Crippen LogP contribution >= 0.6 is 0 Å². The largest absolute Gasteiger partial charge is 0.466 e. The van der Waals surface area contributed by atoms with Crippen molar-refractivity contribution < 1.29 is 19.0 Å². The van der Waals surface area contributed by atoms with Gasteiger partial charge in [0.15, 0.2) is 0 Å². The third-order valence-electron chi connectivity index (χ3n) is 2.80. The van der Waals surface area contributed by atoms with E-state index in [9.17, 15) is 4.79 Å². The molecule has 0 radical (unpaired) electrons. The Labute approximate surface area is 117 Å². The fraction of sp³-hybridized carbons (Fsp3) is 0.929. The average Bonchev–Trinajstić information content (AvgIpc) is 2.45. The maximum atomic E-state index is 11.0. The summed E-state index contributed by atoms with van der Waals surface area (Å²) in [7, 11) is 1.68. The highest BCUT2D eigenvalue weighted by molar-refractivity contribution is 5.69. The second-order valence-electron chi connectivity index (χ2n) is 4.29. The monoisotopic (exact) mass is 275 g/mol. The topological polar surface area (TPSA) is 48.0 Å². The second-order valence-corrected chi connectivity index (χ2v) is 4.29. The summed E-state index contributed by atoms with van der Waals surface area (Å²) in [6, 6.07) is 0. The molecular weight excluding hydrogens is 246 g/mol. The number of nitrogens with zero attached hydrogens (tertiary/aromatic N) is 1. The lowest BCUT2D eigenvalue weighted by molar-refractivity contribution is -0.143.